The number of hydrogen-bond acceptors (Lipinski definition) is 3. The molecule has 1 fully saturated rings. The first-order chi connectivity index (χ1) is 10.1. The predicted octanol–water partition coefficient (Wildman–Crippen LogP) is 2.60. The molecule has 4 heteroatoms. The maximum Gasteiger partial charge on any atom is 0.251 e. The van der Waals surface area contributed by atoms with Gasteiger partial charge in [-0.3, -0.25) is 4.79 Å². The number of likely N-dealkylation sites (tertiary alicyclic amines) is 1. The maximum absolute atomic E-state index is 12.2. The predicted molar refractivity (Wildman–Crippen MR) is 90.1 cm³/mol. The fourth-order valence-electron chi connectivity index (χ4n) is 2.46. The van der Waals surface area contributed by atoms with Gasteiger partial charge in [-0.25, -0.2) is 0 Å². The molecule has 0 bridgehead atoms. The summed E-state index contributed by atoms with van der Waals surface area (Å²) >= 11 is 0. The molecule has 1 N–H and O–H groups in total. The Hall–Kier alpha value is -1.55. The van der Waals surface area contributed by atoms with E-state index in [1.54, 1.807) is 0 Å². The average molecular weight is 291 g/mol. The number of likely N-dealkylation sites (N-methyl/N-ethyl adjacent to an activating group) is 1. The fraction of sp³-hybridized carbons (Fsp3) is 0.588. The minimum atomic E-state index is 0.0330. The van der Waals surface area contributed by atoms with Crippen LogP contribution in [0.4, 0.5) is 5.69 Å². The molecular formula is C17H29N3O. The summed E-state index contributed by atoms with van der Waals surface area (Å²) in [5, 5.41) is 3.12. The van der Waals surface area contributed by atoms with Gasteiger partial charge in [-0.2, -0.15) is 0 Å². The van der Waals surface area contributed by atoms with Gasteiger partial charge in [-0.05, 0) is 50.7 Å². The Kier molecular flexibility index (Phi) is 7.23. The summed E-state index contributed by atoms with van der Waals surface area (Å²) < 4.78 is 0. The van der Waals surface area contributed by atoms with E-state index < -0.39 is 0 Å². The summed E-state index contributed by atoms with van der Waals surface area (Å²) in [5.41, 5.74) is 1.84. The summed E-state index contributed by atoms with van der Waals surface area (Å²) in [6.45, 7) is 6.07. The van der Waals surface area contributed by atoms with Crippen molar-refractivity contribution < 1.29 is 4.79 Å². The van der Waals surface area contributed by atoms with Gasteiger partial charge in [0.25, 0.3) is 5.91 Å². The van der Waals surface area contributed by atoms with Crippen LogP contribution in [0.15, 0.2) is 24.3 Å². The molecule has 118 valence electrons. The zero-order valence-corrected chi connectivity index (χ0v) is 14.0. The van der Waals surface area contributed by atoms with Gasteiger partial charge >= 0.3 is 0 Å². The van der Waals surface area contributed by atoms with Crippen molar-refractivity contribution >= 4 is 11.6 Å². The summed E-state index contributed by atoms with van der Waals surface area (Å²) in [4.78, 5) is 16.5. The van der Waals surface area contributed by atoms with Crippen LogP contribution in [0, 0.1) is 0 Å². The number of amides is 1. The number of carbonyl (C=O) groups is 1. The summed E-state index contributed by atoms with van der Waals surface area (Å²) in [6.07, 6.45) is 2.23. The Labute approximate surface area is 129 Å². The number of benzene rings is 1. The number of hydrogen-bond donors (Lipinski definition) is 1. The van der Waals surface area contributed by atoms with Crippen LogP contribution in [0.5, 0.6) is 0 Å². The molecule has 1 aliphatic rings. The van der Waals surface area contributed by atoms with Crippen LogP contribution in [-0.4, -0.2) is 51.1 Å². The van der Waals surface area contributed by atoms with Crippen LogP contribution in [0.25, 0.3) is 0 Å². The second kappa shape index (κ2) is 8.67. The number of rotatable bonds is 3. The Morgan fingerprint density at radius 2 is 1.86 bits per heavy atom. The van der Waals surface area contributed by atoms with Crippen LogP contribution in [-0.2, 0) is 0 Å². The van der Waals surface area contributed by atoms with Crippen LogP contribution in [0.1, 0.15) is 37.0 Å². The minimum absolute atomic E-state index is 0.0330. The third-order valence-electron chi connectivity index (χ3n) is 3.61. The van der Waals surface area contributed by atoms with Crippen molar-refractivity contribution in [2.24, 2.45) is 0 Å². The van der Waals surface area contributed by atoms with E-state index in [0.717, 1.165) is 37.2 Å². The molecule has 2 rings (SSSR count). The topological polar surface area (TPSA) is 35.6 Å². The van der Waals surface area contributed by atoms with Gasteiger partial charge in [0.2, 0.25) is 0 Å². The van der Waals surface area contributed by atoms with Gasteiger partial charge in [0.1, 0.15) is 0 Å². The monoisotopic (exact) mass is 291 g/mol. The lowest BCUT2D eigenvalue weighted by Gasteiger charge is -2.30. The molecule has 1 aromatic carbocycles. The molecule has 0 saturated carbocycles. The van der Waals surface area contributed by atoms with Gasteiger partial charge < -0.3 is 15.1 Å². The van der Waals surface area contributed by atoms with E-state index >= 15 is 0 Å². The quantitative estimate of drug-likeness (QED) is 0.930. The minimum Gasteiger partial charge on any atom is -0.378 e. The molecule has 0 radical (unpaired) electrons. The molecule has 1 aliphatic heterocycles. The second-order valence-electron chi connectivity index (χ2n) is 5.52. The zero-order valence-electron chi connectivity index (χ0n) is 14.0. The van der Waals surface area contributed by atoms with Gasteiger partial charge in [0.05, 0.1) is 0 Å². The van der Waals surface area contributed by atoms with Crippen molar-refractivity contribution in [3.8, 4) is 0 Å². The standard InChI is InChI=1S/C15H23N3O.C2H6/c1-17(2)14-8-6-12(7-9-14)15(19)16-13-5-4-10-18(3)11-13;1-2/h6-9,13H,4-5,10-11H2,1-3H3,(H,16,19);1-2H3/t13-;/m1./s1. The molecule has 1 saturated heterocycles. The van der Waals surface area contributed by atoms with E-state index in [1.807, 2.05) is 57.1 Å². The van der Waals surface area contributed by atoms with Crippen molar-refractivity contribution in [1.82, 2.24) is 10.2 Å². The zero-order chi connectivity index (χ0) is 15.8. The highest BCUT2D eigenvalue weighted by molar-refractivity contribution is 5.94. The Balaban J connectivity index is 0.00000106. The second-order valence-corrected chi connectivity index (χ2v) is 5.52. The summed E-state index contributed by atoms with van der Waals surface area (Å²) in [5.74, 6) is 0.0330. The molecule has 1 atom stereocenters. The van der Waals surface area contributed by atoms with Crippen molar-refractivity contribution in [2.75, 3.05) is 39.1 Å². The third-order valence-corrected chi connectivity index (χ3v) is 3.61. The Bertz CT molecular complexity index is 428. The fourth-order valence-corrected chi connectivity index (χ4v) is 2.46. The molecule has 1 aromatic rings. The van der Waals surface area contributed by atoms with E-state index in [2.05, 4.69) is 17.3 Å². The van der Waals surface area contributed by atoms with E-state index in [9.17, 15) is 4.79 Å². The highest BCUT2D eigenvalue weighted by atomic mass is 16.1. The Morgan fingerprint density at radius 3 is 2.38 bits per heavy atom. The van der Waals surface area contributed by atoms with Crippen LogP contribution < -0.4 is 10.2 Å². The first-order valence-corrected chi connectivity index (χ1v) is 7.83. The van der Waals surface area contributed by atoms with E-state index in [-0.39, 0.29) is 11.9 Å². The molecule has 4 nitrogen and oxygen atoms in total. The molecule has 1 amide bonds. The maximum atomic E-state index is 12.2. The van der Waals surface area contributed by atoms with E-state index in [1.165, 1.54) is 0 Å². The first kappa shape index (κ1) is 17.5. The van der Waals surface area contributed by atoms with Crippen molar-refractivity contribution in [3.05, 3.63) is 29.8 Å². The van der Waals surface area contributed by atoms with Crippen LogP contribution in [0.2, 0.25) is 0 Å². The first-order valence-electron chi connectivity index (χ1n) is 7.83. The largest absolute Gasteiger partial charge is 0.378 e. The number of carbonyl (C=O) groups excluding carboxylic acids is 1. The average Bonchev–Trinajstić information content (AvgIpc) is 2.49. The van der Waals surface area contributed by atoms with E-state index in [4.69, 9.17) is 0 Å². The lowest BCUT2D eigenvalue weighted by atomic mass is 10.1. The van der Waals surface area contributed by atoms with Gasteiger partial charge in [0.15, 0.2) is 0 Å². The van der Waals surface area contributed by atoms with Crippen molar-refractivity contribution in [2.45, 2.75) is 32.7 Å². The number of nitrogens with zero attached hydrogens (tertiary/aromatic N) is 2. The molecule has 0 aliphatic carbocycles. The van der Waals surface area contributed by atoms with Gasteiger partial charge in [-0.1, -0.05) is 13.8 Å². The number of nitrogens with one attached hydrogen (secondary N) is 1. The summed E-state index contributed by atoms with van der Waals surface area (Å²) in [7, 11) is 6.09. The lowest BCUT2D eigenvalue weighted by molar-refractivity contribution is 0.0912. The number of piperidine rings is 1. The smallest absolute Gasteiger partial charge is 0.251 e. The Morgan fingerprint density at radius 1 is 1.24 bits per heavy atom. The highest BCUT2D eigenvalue weighted by Gasteiger charge is 2.19. The molecule has 21 heavy (non-hydrogen) atoms. The molecule has 0 aromatic heterocycles. The SMILES string of the molecule is CC.CN1CCC[C@@H](NC(=O)c2ccc(N(C)C)cc2)C1. The molecular weight excluding hydrogens is 262 g/mol. The van der Waals surface area contributed by atoms with Gasteiger partial charge in [-0.15, -0.1) is 0 Å². The van der Waals surface area contributed by atoms with Gasteiger partial charge in [0, 0.05) is 37.9 Å². The molecule has 0 unspecified atom stereocenters. The summed E-state index contributed by atoms with van der Waals surface area (Å²) in [6, 6.07) is 8.00. The van der Waals surface area contributed by atoms with E-state index in [0.29, 0.717) is 0 Å². The molecule has 0 spiro atoms. The highest BCUT2D eigenvalue weighted by Crippen LogP contribution is 2.13. The van der Waals surface area contributed by atoms with Crippen molar-refractivity contribution in [3.63, 3.8) is 0 Å². The van der Waals surface area contributed by atoms with Crippen LogP contribution in [0.3, 0.4) is 0 Å². The lowest BCUT2D eigenvalue weighted by Crippen LogP contribution is -2.46. The van der Waals surface area contributed by atoms with Crippen molar-refractivity contribution in [1.29, 1.82) is 0 Å². The van der Waals surface area contributed by atoms with Crippen LogP contribution >= 0.6 is 0 Å². The third kappa shape index (κ3) is 5.38. The normalized spacial score (nSPS) is 18.4. The number of anilines is 1. The molecule has 1 heterocycles.